The Bertz CT molecular complexity index is 764. The van der Waals surface area contributed by atoms with Gasteiger partial charge in [0.05, 0.1) is 0 Å². The van der Waals surface area contributed by atoms with Crippen molar-refractivity contribution in [3.05, 3.63) is 102 Å². The van der Waals surface area contributed by atoms with Crippen LogP contribution in [0.3, 0.4) is 0 Å². The standard InChI is InChI=1S/C23H25NO/c1-23(2,24-17-19-9-5-3-6-10-19)21-13-15-22(16-14-21)25-18-20-11-7-4-8-12-20/h3-16,24H,17-18H2,1-2H3. The molecule has 2 nitrogen and oxygen atoms in total. The molecule has 0 saturated carbocycles. The van der Waals surface area contributed by atoms with Gasteiger partial charge in [-0.1, -0.05) is 72.8 Å². The summed E-state index contributed by atoms with van der Waals surface area (Å²) in [5, 5.41) is 3.63. The van der Waals surface area contributed by atoms with E-state index in [-0.39, 0.29) is 5.54 Å². The van der Waals surface area contributed by atoms with Gasteiger partial charge >= 0.3 is 0 Å². The first-order valence-electron chi connectivity index (χ1n) is 8.70. The summed E-state index contributed by atoms with van der Waals surface area (Å²) in [5.74, 6) is 0.895. The third-order valence-electron chi connectivity index (χ3n) is 4.40. The molecule has 0 aliphatic heterocycles. The van der Waals surface area contributed by atoms with E-state index in [1.54, 1.807) is 0 Å². The van der Waals surface area contributed by atoms with E-state index in [0.717, 1.165) is 12.3 Å². The highest BCUT2D eigenvalue weighted by Gasteiger charge is 2.19. The van der Waals surface area contributed by atoms with Crippen molar-refractivity contribution in [2.75, 3.05) is 0 Å². The lowest BCUT2D eigenvalue weighted by atomic mass is 9.94. The molecule has 3 rings (SSSR count). The molecule has 0 radical (unpaired) electrons. The fourth-order valence-corrected chi connectivity index (χ4v) is 2.73. The van der Waals surface area contributed by atoms with Crippen LogP contribution in [-0.4, -0.2) is 0 Å². The minimum absolute atomic E-state index is 0.103. The van der Waals surface area contributed by atoms with Crippen LogP contribution in [0.25, 0.3) is 0 Å². The van der Waals surface area contributed by atoms with E-state index in [0.29, 0.717) is 6.61 Å². The van der Waals surface area contributed by atoms with Crippen LogP contribution >= 0.6 is 0 Å². The zero-order valence-corrected chi connectivity index (χ0v) is 14.9. The molecule has 2 heteroatoms. The van der Waals surface area contributed by atoms with Crippen molar-refractivity contribution in [1.29, 1.82) is 0 Å². The molecule has 0 unspecified atom stereocenters. The first kappa shape index (κ1) is 17.2. The molecule has 1 N–H and O–H groups in total. The minimum Gasteiger partial charge on any atom is -0.489 e. The van der Waals surface area contributed by atoms with E-state index < -0.39 is 0 Å². The summed E-state index contributed by atoms with van der Waals surface area (Å²) in [4.78, 5) is 0. The summed E-state index contributed by atoms with van der Waals surface area (Å²) >= 11 is 0. The van der Waals surface area contributed by atoms with Gasteiger partial charge in [0, 0.05) is 12.1 Å². The van der Waals surface area contributed by atoms with E-state index in [2.05, 4.69) is 67.7 Å². The second kappa shape index (κ2) is 8.00. The lowest BCUT2D eigenvalue weighted by Crippen LogP contribution is -2.35. The summed E-state index contributed by atoms with van der Waals surface area (Å²) < 4.78 is 5.87. The summed E-state index contributed by atoms with van der Waals surface area (Å²) in [5.41, 5.74) is 3.61. The monoisotopic (exact) mass is 331 g/mol. The van der Waals surface area contributed by atoms with E-state index in [9.17, 15) is 0 Å². The maximum absolute atomic E-state index is 5.87. The number of benzene rings is 3. The highest BCUT2D eigenvalue weighted by Crippen LogP contribution is 2.23. The Kier molecular flexibility index (Phi) is 5.52. The largest absolute Gasteiger partial charge is 0.489 e. The van der Waals surface area contributed by atoms with Crippen molar-refractivity contribution in [3.8, 4) is 5.75 Å². The minimum atomic E-state index is -0.103. The molecular weight excluding hydrogens is 306 g/mol. The summed E-state index contributed by atoms with van der Waals surface area (Å²) in [6, 6.07) is 29.1. The van der Waals surface area contributed by atoms with Crippen LogP contribution in [0.2, 0.25) is 0 Å². The maximum Gasteiger partial charge on any atom is 0.119 e. The zero-order chi connectivity index (χ0) is 17.5. The average molecular weight is 331 g/mol. The third-order valence-corrected chi connectivity index (χ3v) is 4.40. The maximum atomic E-state index is 5.87. The van der Waals surface area contributed by atoms with Crippen LogP contribution in [0.4, 0.5) is 0 Å². The predicted octanol–water partition coefficient (Wildman–Crippen LogP) is 5.29. The van der Waals surface area contributed by atoms with Crippen molar-refractivity contribution in [2.24, 2.45) is 0 Å². The van der Waals surface area contributed by atoms with Crippen LogP contribution in [0.1, 0.15) is 30.5 Å². The summed E-state index contributed by atoms with van der Waals surface area (Å²) in [6.07, 6.45) is 0. The number of hydrogen-bond acceptors (Lipinski definition) is 2. The van der Waals surface area contributed by atoms with Crippen LogP contribution < -0.4 is 10.1 Å². The highest BCUT2D eigenvalue weighted by molar-refractivity contribution is 5.31. The normalized spacial score (nSPS) is 11.3. The molecule has 3 aromatic rings. The lowest BCUT2D eigenvalue weighted by molar-refractivity contribution is 0.305. The molecule has 0 amide bonds. The molecular formula is C23H25NO. The molecule has 0 aromatic heterocycles. The molecule has 0 heterocycles. The van der Waals surface area contributed by atoms with Gasteiger partial charge in [-0.05, 0) is 42.7 Å². The quantitative estimate of drug-likeness (QED) is 0.635. The smallest absolute Gasteiger partial charge is 0.119 e. The van der Waals surface area contributed by atoms with Crippen molar-refractivity contribution < 1.29 is 4.74 Å². The molecule has 0 saturated heterocycles. The van der Waals surface area contributed by atoms with Gasteiger partial charge in [-0.15, -0.1) is 0 Å². The zero-order valence-electron chi connectivity index (χ0n) is 14.9. The number of ether oxygens (including phenoxy) is 1. The van der Waals surface area contributed by atoms with Gasteiger partial charge in [-0.3, -0.25) is 0 Å². The number of rotatable bonds is 7. The number of hydrogen-bond donors (Lipinski definition) is 1. The molecule has 0 fully saturated rings. The Morgan fingerprint density at radius 1 is 0.720 bits per heavy atom. The van der Waals surface area contributed by atoms with Gasteiger partial charge in [0.2, 0.25) is 0 Å². The van der Waals surface area contributed by atoms with Crippen molar-refractivity contribution >= 4 is 0 Å². The van der Waals surface area contributed by atoms with E-state index in [1.807, 2.05) is 36.4 Å². The van der Waals surface area contributed by atoms with E-state index >= 15 is 0 Å². The topological polar surface area (TPSA) is 21.3 Å². The first-order chi connectivity index (χ1) is 12.1. The van der Waals surface area contributed by atoms with Gasteiger partial charge < -0.3 is 10.1 Å². The predicted molar refractivity (Wildman–Crippen MR) is 104 cm³/mol. The summed E-state index contributed by atoms with van der Waals surface area (Å²) in [6.45, 7) is 5.85. The van der Waals surface area contributed by atoms with Gasteiger partial charge in [0.15, 0.2) is 0 Å². The molecule has 0 atom stereocenters. The molecule has 3 aromatic carbocycles. The molecule has 0 aliphatic carbocycles. The first-order valence-corrected chi connectivity index (χ1v) is 8.70. The molecule has 0 spiro atoms. The van der Waals surface area contributed by atoms with Crippen molar-refractivity contribution in [2.45, 2.75) is 32.5 Å². The number of nitrogens with one attached hydrogen (secondary N) is 1. The Balaban J connectivity index is 1.58. The van der Waals surface area contributed by atoms with Crippen LogP contribution in [0, 0.1) is 0 Å². The molecule has 0 bridgehead atoms. The van der Waals surface area contributed by atoms with E-state index in [4.69, 9.17) is 4.74 Å². The average Bonchev–Trinajstić information content (AvgIpc) is 2.67. The van der Waals surface area contributed by atoms with E-state index in [1.165, 1.54) is 16.7 Å². The molecule has 25 heavy (non-hydrogen) atoms. The fourth-order valence-electron chi connectivity index (χ4n) is 2.73. The van der Waals surface area contributed by atoms with Gasteiger partial charge in [0.1, 0.15) is 12.4 Å². The Hall–Kier alpha value is -2.58. The van der Waals surface area contributed by atoms with Crippen molar-refractivity contribution in [3.63, 3.8) is 0 Å². The van der Waals surface area contributed by atoms with Crippen LogP contribution in [-0.2, 0) is 18.7 Å². The van der Waals surface area contributed by atoms with Gasteiger partial charge in [0.25, 0.3) is 0 Å². The Morgan fingerprint density at radius 3 is 1.88 bits per heavy atom. The Labute approximate surface area is 150 Å². The second-order valence-corrected chi connectivity index (χ2v) is 6.76. The van der Waals surface area contributed by atoms with Gasteiger partial charge in [-0.2, -0.15) is 0 Å². The summed E-state index contributed by atoms with van der Waals surface area (Å²) in [7, 11) is 0. The third kappa shape index (κ3) is 4.94. The SMILES string of the molecule is CC(C)(NCc1ccccc1)c1ccc(OCc2ccccc2)cc1. The van der Waals surface area contributed by atoms with Crippen LogP contribution in [0.5, 0.6) is 5.75 Å². The fraction of sp³-hybridized carbons (Fsp3) is 0.217. The molecule has 0 aliphatic rings. The highest BCUT2D eigenvalue weighted by atomic mass is 16.5. The van der Waals surface area contributed by atoms with Crippen LogP contribution in [0.15, 0.2) is 84.9 Å². The lowest BCUT2D eigenvalue weighted by Gasteiger charge is -2.27. The molecule has 128 valence electrons. The Morgan fingerprint density at radius 2 is 1.28 bits per heavy atom. The van der Waals surface area contributed by atoms with Gasteiger partial charge in [-0.25, -0.2) is 0 Å². The van der Waals surface area contributed by atoms with Crippen molar-refractivity contribution in [1.82, 2.24) is 5.32 Å². The second-order valence-electron chi connectivity index (χ2n) is 6.76.